The van der Waals surface area contributed by atoms with E-state index in [0.717, 1.165) is 23.3 Å². The van der Waals surface area contributed by atoms with Crippen LogP contribution in [0.5, 0.6) is 5.75 Å². The van der Waals surface area contributed by atoms with Crippen molar-refractivity contribution in [3.8, 4) is 5.75 Å². The average molecular weight is 418 g/mol. The summed E-state index contributed by atoms with van der Waals surface area (Å²) in [6.45, 7) is 0.392. The molecule has 0 bridgehead atoms. The van der Waals surface area contributed by atoms with Gasteiger partial charge in [0.2, 0.25) is 5.91 Å². The minimum Gasteiger partial charge on any atom is -0.410 e. The first-order valence-corrected chi connectivity index (χ1v) is 9.85. The summed E-state index contributed by atoms with van der Waals surface area (Å²) in [6, 6.07) is 10.4. The van der Waals surface area contributed by atoms with Gasteiger partial charge in [-0.1, -0.05) is 24.3 Å². The Labute approximate surface area is 173 Å². The first-order valence-electron chi connectivity index (χ1n) is 9.03. The van der Waals surface area contributed by atoms with Crippen LogP contribution in [0.25, 0.3) is 0 Å². The van der Waals surface area contributed by atoms with Crippen molar-refractivity contribution in [2.75, 3.05) is 25.9 Å². The smallest absolute Gasteiger partial charge is 0.410 e. The molecular formula is C20H23FN4O3S. The van der Waals surface area contributed by atoms with E-state index in [4.69, 9.17) is 4.74 Å². The van der Waals surface area contributed by atoms with Gasteiger partial charge in [0.05, 0.1) is 25.2 Å². The van der Waals surface area contributed by atoms with E-state index in [1.807, 2.05) is 12.1 Å². The van der Waals surface area contributed by atoms with E-state index in [2.05, 4.69) is 9.44 Å². The van der Waals surface area contributed by atoms with Gasteiger partial charge in [0, 0.05) is 37.4 Å². The summed E-state index contributed by atoms with van der Waals surface area (Å²) in [5, 5.41) is 0. The molecule has 1 heterocycles. The Balaban J connectivity index is 1.74. The molecule has 1 aliphatic rings. The Kier molecular flexibility index (Phi) is 6.60. The molecule has 0 radical (unpaired) electrons. The molecule has 2 aromatic carbocycles. The van der Waals surface area contributed by atoms with Crippen molar-refractivity contribution in [1.82, 2.24) is 14.5 Å². The van der Waals surface area contributed by atoms with Gasteiger partial charge in [0.15, 0.2) is 5.82 Å². The largest absolute Gasteiger partial charge is 0.415 e. The summed E-state index contributed by atoms with van der Waals surface area (Å²) in [5.74, 6) is -0.00266. The van der Waals surface area contributed by atoms with E-state index in [9.17, 15) is 14.0 Å². The molecular weight excluding hydrogens is 395 g/mol. The third-order valence-electron chi connectivity index (χ3n) is 4.51. The highest BCUT2D eigenvalue weighted by Crippen LogP contribution is 2.29. The van der Waals surface area contributed by atoms with Crippen LogP contribution in [0.3, 0.4) is 0 Å². The highest BCUT2D eigenvalue weighted by atomic mass is 32.2. The summed E-state index contributed by atoms with van der Waals surface area (Å²) in [4.78, 5) is 27.3. The zero-order valence-electron chi connectivity index (χ0n) is 16.5. The number of fused-ring (bicyclic) bond motifs is 1. The molecule has 2 aromatic rings. The minimum absolute atomic E-state index is 0.0332. The van der Waals surface area contributed by atoms with E-state index < -0.39 is 11.9 Å². The number of rotatable bonds is 7. The van der Waals surface area contributed by atoms with Gasteiger partial charge in [-0.3, -0.25) is 9.69 Å². The van der Waals surface area contributed by atoms with Gasteiger partial charge < -0.3 is 14.4 Å². The number of nitrogens with zero attached hydrogens (tertiary/aromatic N) is 2. The third kappa shape index (κ3) is 4.99. The Hall–Kier alpha value is -2.78. The maximum Gasteiger partial charge on any atom is 0.415 e. The van der Waals surface area contributed by atoms with Crippen molar-refractivity contribution in [2.45, 2.75) is 19.5 Å². The van der Waals surface area contributed by atoms with Gasteiger partial charge in [-0.05, 0) is 24.7 Å². The molecule has 0 saturated carbocycles. The second-order valence-corrected chi connectivity index (χ2v) is 7.63. The van der Waals surface area contributed by atoms with Crippen LogP contribution in [0.2, 0.25) is 0 Å². The van der Waals surface area contributed by atoms with Gasteiger partial charge in [-0.25, -0.2) is 13.9 Å². The summed E-state index contributed by atoms with van der Waals surface area (Å²) in [5.41, 5.74) is 2.31. The second-order valence-electron chi connectivity index (χ2n) is 6.82. The van der Waals surface area contributed by atoms with E-state index in [-0.39, 0.29) is 18.9 Å². The fraction of sp³-hybridized carbons (Fsp3) is 0.300. The molecule has 9 heteroatoms. The van der Waals surface area contributed by atoms with Crippen molar-refractivity contribution in [3.05, 3.63) is 58.9 Å². The molecule has 0 aromatic heterocycles. The number of carbonyl (C=O) groups excluding carboxylic acids is 2. The molecule has 29 heavy (non-hydrogen) atoms. The Morgan fingerprint density at radius 2 is 2.10 bits per heavy atom. The van der Waals surface area contributed by atoms with Crippen LogP contribution in [-0.2, 0) is 24.3 Å². The highest BCUT2D eigenvalue weighted by Gasteiger charge is 2.26. The van der Waals surface area contributed by atoms with E-state index >= 15 is 0 Å². The van der Waals surface area contributed by atoms with Crippen LogP contribution in [0.4, 0.5) is 14.9 Å². The molecule has 0 unspecified atom stereocenters. The first-order chi connectivity index (χ1) is 13.9. The Bertz CT molecular complexity index is 923. The van der Waals surface area contributed by atoms with Crippen molar-refractivity contribution in [3.63, 3.8) is 0 Å². The normalized spacial score (nSPS) is 13.0. The monoisotopic (exact) mass is 418 g/mol. The van der Waals surface area contributed by atoms with Gasteiger partial charge in [-0.15, -0.1) is 0 Å². The highest BCUT2D eigenvalue weighted by molar-refractivity contribution is 7.98. The van der Waals surface area contributed by atoms with Crippen molar-refractivity contribution in [1.29, 1.82) is 0 Å². The van der Waals surface area contributed by atoms with Crippen molar-refractivity contribution >= 4 is 29.8 Å². The number of amides is 2. The number of likely N-dealkylation sites (N-methyl/N-ethyl adjacent to an activating group) is 1. The fourth-order valence-corrected chi connectivity index (χ4v) is 3.28. The summed E-state index contributed by atoms with van der Waals surface area (Å²) < 4.78 is 25.8. The predicted molar refractivity (Wildman–Crippen MR) is 111 cm³/mol. The molecule has 154 valence electrons. The number of halogens is 1. The molecule has 0 aliphatic carbocycles. The second kappa shape index (κ2) is 9.15. The number of ether oxygens (including phenoxy) is 1. The average Bonchev–Trinajstić information content (AvgIpc) is 2.69. The third-order valence-corrected chi connectivity index (χ3v) is 5.03. The van der Waals surface area contributed by atoms with E-state index in [1.165, 1.54) is 9.80 Å². The quantitative estimate of drug-likeness (QED) is 0.673. The van der Waals surface area contributed by atoms with Crippen LogP contribution >= 0.6 is 12.1 Å². The summed E-state index contributed by atoms with van der Waals surface area (Å²) in [7, 11) is 5.11. The van der Waals surface area contributed by atoms with Gasteiger partial charge >= 0.3 is 6.09 Å². The van der Waals surface area contributed by atoms with Gasteiger partial charge in [0.1, 0.15) is 5.75 Å². The molecule has 3 rings (SSSR count). The fourth-order valence-electron chi connectivity index (χ4n) is 2.91. The topological polar surface area (TPSA) is 73.9 Å². The molecule has 0 spiro atoms. The van der Waals surface area contributed by atoms with E-state index in [1.54, 1.807) is 45.4 Å². The van der Waals surface area contributed by atoms with Gasteiger partial charge in [-0.2, -0.15) is 0 Å². The van der Waals surface area contributed by atoms with Crippen LogP contribution in [0.1, 0.15) is 16.7 Å². The molecule has 2 amide bonds. The number of nitrogens with one attached hydrogen (secondary N) is 2. The standard InChI is InChI=1S/C20H23FN4O3S/c1-22-29-23-16-6-4-5-15(19(16)21)12-25-11-14-8-7-13(10-18(26)24(2)3)9-17(14)28-20(25)27/h4-9,22-23H,10-12H2,1-3H3. The van der Waals surface area contributed by atoms with Crippen LogP contribution in [0.15, 0.2) is 36.4 Å². The lowest BCUT2D eigenvalue weighted by Crippen LogP contribution is -2.36. The summed E-state index contributed by atoms with van der Waals surface area (Å²) >= 11 is 1.16. The van der Waals surface area contributed by atoms with Crippen LogP contribution < -0.4 is 14.2 Å². The zero-order valence-corrected chi connectivity index (χ0v) is 17.3. The Morgan fingerprint density at radius 1 is 1.31 bits per heavy atom. The predicted octanol–water partition coefficient (Wildman–Crippen LogP) is 3.17. The van der Waals surface area contributed by atoms with Crippen LogP contribution in [0, 0.1) is 5.82 Å². The van der Waals surface area contributed by atoms with E-state index in [0.29, 0.717) is 23.5 Å². The van der Waals surface area contributed by atoms with Crippen molar-refractivity contribution < 1.29 is 18.7 Å². The number of benzene rings is 2. The SMILES string of the molecule is CNSNc1cccc(CN2Cc3ccc(CC(=O)N(C)C)cc3OC2=O)c1F. The molecule has 2 N–H and O–H groups in total. The minimum atomic E-state index is -0.545. The van der Waals surface area contributed by atoms with Crippen molar-refractivity contribution in [2.24, 2.45) is 0 Å². The number of hydrogen-bond donors (Lipinski definition) is 2. The number of hydrogen-bond acceptors (Lipinski definition) is 6. The maximum absolute atomic E-state index is 14.7. The lowest BCUT2D eigenvalue weighted by atomic mass is 10.1. The summed E-state index contributed by atoms with van der Waals surface area (Å²) in [6.07, 6.45) is -0.312. The Morgan fingerprint density at radius 3 is 2.83 bits per heavy atom. The molecule has 1 aliphatic heterocycles. The van der Waals surface area contributed by atoms with Gasteiger partial charge in [0.25, 0.3) is 0 Å². The first kappa shape index (κ1) is 20.9. The molecule has 0 saturated heterocycles. The zero-order chi connectivity index (χ0) is 21.0. The molecule has 0 atom stereocenters. The van der Waals surface area contributed by atoms with Crippen LogP contribution in [-0.4, -0.2) is 42.9 Å². The lowest BCUT2D eigenvalue weighted by molar-refractivity contribution is -0.127. The number of carbonyl (C=O) groups is 2. The molecule has 0 fully saturated rings. The number of anilines is 1. The maximum atomic E-state index is 14.7. The lowest BCUT2D eigenvalue weighted by Gasteiger charge is -2.28. The molecule has 7 nitrogen and oxygen atoms in total.